The number of anilines is 1. The van der Waals surface area contributed by atoms with E-state index >= 15 is 0 Å². The molecule has 3 aromatic carbocycles. The summed E-state index contributed by atoms with van der Waals surface area (Å²) in [6, 6.07) is 19.2. The summed E-state index contributed by atoms with van der Waals surface area (Å²) in [5.74, 6) is -1.10. The van der Waals surface area contributed by atoms with Gasteiger partial charge < -0.3 is 4.90 Å². The predicted octanol–water partition coefficient (Wildman–Crippen LogP) is 4.64. The maximum atomic E-state index is 14.4. The molecule has 0 N–H and O–H groups in total. The number of nitrogens with zero attached hydrogens (tertiary/aromatic N) is 2. The van der Waals surface area contributed by atoms with E-state index in [-0.39, 0.29) is 22.0 Å². The van der Waals surface area contributed by atoms with E-state index in [0.717, 1.165) is 9.87 Å². The number of rotatable bonds is 7. The van der Waals surface area contributed by atoms with Crippen molar-refractivity contribution in [1.29, 1.82) is 0 Å². The lowest BCUT2D eigenvalue weighted by molar-refractivity contribution is -0.118. The van der Waals surface area contributed by atoms with Gasteiger partial charge in [-0.05, 0) is 43.3 Å². The van der Waals surface area contributed by atoms with E-state index in [2.05, 4.69) is 0 Å². The third-order valence-electron chi connectivity index (χ3n) is 4.88. The second-order valence-electron chi connectivity index (χ2n) is 7.07. The Morgan fingerprint density at radius 2 is 1.61 bits per heavy atom. The summed E-state index contributed by atoms with van der Waals surface area (Å²) in [7, 11) is -2.54. The Morgan fingerprint density at radius 1 is 0.968 bits per heavy atom. The molecule has 0 atom stereocenters. The highest BCUT2D eigenvalue weighted by Gasteiger charge is 2.29. The highest BCUT2D eigenvalue weighted by Crippen LogP contribution is 2.25. The molecule has 0 saturated carbocycles. The lowest BCUT2D eigenvalue weighted by atomic mass is 10.2. The fraction of sp³-hybridized carbons (Fsp3) is 0.174. The fourth-order valence-corrected chi connectivity index (χ4v) is 4.58. The molecule has 3 aromatic rings. The van der Waals surface area contributed by atoms with Crippen molar-refractivity contribution in [2.24, 2.45) is 0 Å². The highest BCUT2D eigenvalue weighted by atomic mass is 35.5. The van der Waals surface area contributed by atoms with Crippen molar-refractivity contribution in [2.75, 3.05) is 18.5 Å². The molecule has 0 radical (unpaired) electrons. The van der Waals surface area contributed by atoms with Crippen LogP contribution >= 0.6 is 11.6 Å². The quantitative estimate of drug-likeness (QED) is 0.516. The van der Waals surface area contributed by atoms with Gasteiger partial charge in [0.2, 0.25) is 15.9 Å². The number of aryl methyl sites for hydroxylation is 1. The van der Waals surface area contributed by atoms with Gasteiger partial charge in [-0.1, -0.05) is 53.6 Å². The third-order valence-corrected chi connectivity index (χ3v) is 7.04. The number of benzene rings is 3. The van der Waals surface area contributed by atoms with E-state index in [9.17, 15) is 17.6 Å². The molecule has 0 bridgehead atoms. The van der Waals surface area contributed by atoms with Crippen molar-refractivity contribution in [2.45, 2.75) is 18.4 Å². The number of likely N-dealkylation sites (N-methyl/N-ethyl adjacent to an activating group) is 1. The molecule has 8 heteroatoms. The van der Waals surface area contributed by atoms with Gasteiger partial charge in [-0.15, -0.1) is 0 Å². The van der Waals surface area contributed by atoms with E-state index < -0.39 is 28.3 Å². The van der Waals surface area contributed by atoms with Crippen molar-refractivity contribution < 1.29 is 17.6 Å². The van der Waals surface area contributed by atoms with Crippen LogP contribution in [0.25, 0.3) is 0 Å². The first-order chi connectivity index (χ1) is 14.7. The normalized spacial score (nSPS) is 11.5. The molecule has 31 heavy (non-hydrogen) atoms. The zero-order valence-electron chi connectivity index (χ0n) is 17.1. The topological polar surface area (TPSA) is 57.7 Å². The van der Waals surface area contributed by atoms with Gasteiger partial charge >= 0.3 is 0 Å². The Kier molecular flexibility index (Phi) is 7.10. The standard InChI is InChI=1S/C23H22ClFN2O3S/c1-17-11-13-19(14-12-17)31(29,30)27(15-20-21(24)9-6-10-22(20)25)16-23(28)26(2)18-7-4-3-5-8-18/h3-14H,15-16H2,1-2H3. The number of sulfonamides is 1. The fourth-order valence-electron chi connectivity index (χ4n) is 3.00. The Bertz CT molecular complexity index is 1150. The molecule has 0 heterocycles. The maximum absolute atomic E-state index is 14.4. The molecule has 0 saturated heterocycles. The van der Waals surface area contributed by atoms with Gasteiger partial charge in [0, 0.05) is 29.9 Å². The lowest BCUT2D eigenvalue weighted by Gasteiger charge is -2.25. The first kappa shape index (κ1) is 22.9. The van der Waals surface area contributed by atoms with Crippen molar-refractivity contribution in [1.82, 2.24) is 4.31 Å². The minimum atomic E-state index is -4.10. The summed E-state index contributed by atoms with van der Waals surface area (Å²) in [5.41, 5.74) is 1.52. The van der Waals surface area contributed by atoms with Crippen LogP contribution in [0.1, 0.15) is 11.1 Å². The Labute approximate surface area is 186 Å². The van der Waals surface area contributed by atoms with Crippen molar-refractivity contribution in [3.8, 4) is 0 Å². The van der Waals surface area contributed by atoms with Crippen LogP contribution in [-0.2, 0) is 21.4 Å². The number of hydrogen-bond donors (Lipinski definition) is 0. The second-order valence-corrected chi connectivity index (χ2v) is 9.42. The molecule has 0 aromatic heterocycles. The number of hydrogen-bond acceptors (Lipinski definition) is 3. The van der Waals surface area contributed by atoms with Crippen LogP contribution in [0.2, 0.25) is 5.02 Å². The van der Waals surface area contributed by atoms with Crippen LogP contribution in [0.4, 0.5) is 10.1 Å². The van der Waals surface area contributed by atoms with Gasteiger partial charge in [-0.25, -0.2) is 12.8 Å². The Hall–Kier alpha value is -2.74. The lowest BCUT2D eigenvalue weighted by Crippen LogP contribution is -2.41. The molecule has 0 spiro atoms. The SMILES string of the molecule is Cc1ccc(S(=O)(=O)N(CC(=O)N(C)c2ccccc2)Cc2c(F)cccc2Cl)cc1. The third kappa shape index (κ3) is 5.31. The van der Waals surface area contributed by atoms with Crippen LogP contribution in [0, 0.1) is 12.7 Å². The smallest absolute Gasteiger partial charge is 0.243 e. The van der Waals surface area contributed by atoms with Crippen molar-refractivity contribution >= 4 is 33.2 Å². The average Bonchev–Trinajstić information content (AvgIpc) is 2.75. The van der Waals surface area contributed by atoms with Crippen LogP contribution in [0.3, 0.4) is 0 Å². The molecule has 5 nitrogen and oxygen atoms in total. The number of para-hydroxylation sites is 1. The second kappa shape index (κ2) is 9.60. The molecule has 0 unspecified atom stereocenters. The van der Waals surface area contributed by atoms with Gasteiger partial charge in [0.25, 0.3) is 0 Å². The number of amides is 1. The molecule has 0 aliphatic heterocycles. The van der Waals surface area contributed by atoms with Crippen LogP contribution in [-0.4, -0.2) is 32.2 Å². The molecule has 3 rings (SSSR count). The molecule has 1 amide bonds. The summed E-state index contributed by atoms with van der Waals surface area (Å²) in [4.78, 5) is 14.3. The Morgan fingerprint density at radius 3 is 2.23 bits per heavy atom. The molecular weight excluding hydrogens is 439 g/mol. The maximum Gasteiger partial charge on any atom is 0.243 e. The summed E-state index contributed by atoms with van der Waals surface area (Å²) >= 11 is 6.13. The van der Waals surface area contributed by atoms with Gasteiger partial charge in [-0.2, -0.15) is 4.31 Å². The number of carbonyl (C=O) groups excluding carboxylic acids is 1. The first-order valence-corrected chi connectivity index (χ1v) is 11.3. The van der Waals surface area contributed by atoms with Gasteiger partial charge in [-0.3, -0.25) is 4.79 Å². The molecule has 0 fully saturated rings. The summed E-state index contributed by atoms with van der Waals surface area (Å²) < 4.78 is 42.1. The molecular formula is C23H22ClFN2O3S. The molecule has 162 valence electrons. The van der Waals surface area contributed by atoms with Gasteiger partial charge in [0.15, 0.2) is 0 Å². The molecule has 0 aliphatic rings. The summed E-state index contributed by atoms with van der Waals surface area (Å²) in [6.07, 6.45) is 0. The minimum Gasteiger partial charge on any atom is -0.314 e. The van der Waals surface area contributed by atoms with Crippen molar-refractivity contribution in [3.05, 3.63) is 94.8 Å². The number of halogens is 2. The van der Waals surface area contributed by atoms with E-state index in [1.807, 2.05) is 13.0 Å². The zero-order valence-corrected chi connectivity index (χ0v) is 18.7. The molecule has 0 aliphatic carbocycles. The van der Waals surface area contributed by atoms with Crippen molar-refractivity contribution in [3.63, 3.8) is 0 Å². The van der Waals surface area contributed by atoms with E-state index in [1.54, 1.807) is 43.4 Å². The number of carbonyl (C=O) groups is 1. The average molecular weight is 461 g/mol. The Balaban J connectivity index is 1.97. The van der Waals surface area contributed by atoms with E-state index in [4.69, 9.17) is 11.6 Å². The summed E-state index contributed by atoms with van der Waals surface area (Å²) in [5, 5.41) is 0.0907. The predicted molar refractivity (Wildman–Crippen MR) is 120 cm³/mol. The van der Waals surface area contributed by atoms with E-state index in [1.165, 1.54) is 35.2 Å². The van der Waals surface area contributed by atoms with Gasteiger partial charge in [0.1, 0.15) is 5.82 Å². The monoisotopic (exact) mass is 460 g/mol. The largest absolute Gasteiger partial charge is 0.314 e. The highest BCUT2D eigenvalue weighted by molar-refractivity contribution is 7.89. The zero-order chi connectivity index (χ0) is 22.6. The van der Waals surface area contributed by atoms with Crippen LogP contribution in [0.15, 0.2) is 77.7 Å². The van der Waals surface area contributed by atoms with Crippen LogP contribution in [0.5, 0.6) is 0 Å². The van der Waals surface area contributed by atoms with Gasteiger partial charge in [0.05, 0.1) is 11.4 Å². The van der Waals surface area contributed by atoms with E-state index in [0.29, 0.717) is 5.69 Å². The first-order valence-electron chi connectivity index (χ1n) is 9.51. The van der Waals surface area contributed by atoms with Crippen LogP contribution < -0.4 is 4.90 Å². The minimum absolute atomic E-state index is 0.00928. The summed E-state index contributed by atoms with van der Waals surface area (Å²) in [6.45, 7) is 0.980.